The molecule has 4 nitrogen and oxygen atoms in total. The highest BCUT2D eigenvalue weighted by Gasteiger charge is 2.43. The Morgan fingerprint density at radius 3 is 2.89 bits per heavy atom. The molecule has 1 aliphatic heterocycles. The van der Waals surface area contributed by atoms with E-state index in [-0.39, 0.29) is 18.4 Å². The van der Waals surface area contributed by atoms with Crippen LogP contribution < -0.4 is 0 Å². The Kier molecular flexibility index (Phi) is 3.90. The van der Waals surface area contributed by atoms with Gasteiger partial charge in [0.2, 0.25) is 5.91 Å². The summed E-state index contributed by atoms with van der Waals surface area (Å²) in [5.41, 5.74) is -0.683. The maximum Gasteiger partial charge on any atom is 0.227 e. The number of furan rings is 1. The zero-order valence-electron chi connectivity index (χ0n) is 10.2. The average Bonchev–Trinajstić information content (AvgIpc) is 2.82. The van der Waals surface area contributed by atoms with E-state index < -0.39 is 10.6 Å². The van der Waals surface area contributed by atoms with Gasteiger partial charge in [0, 0.05) is 0 Å². The van der Waals surface area contributed by atoms with Crippen molar-refractivity contribution in [2.75, 3.05) is 6.54 Å². The van der Waals surface area contributed by atoms with Crippen molar-refractivity contribution in [1.29, 1.82) is 0 Å². The molecule has 0 spiro atoms. The number of hydrogen-bond donors (Lipinski definition) is 0. The minimum Gasteiger partial charge on any atom is -0.467 e. The summed E-state index contributed by atoms with van der Waals surface area (Å²) in [7, 11) is 0. The Morgan fingerprint density at radius 1 is 1.61 bits per heavy atom. The Hall–Kier alpha value is -0.710. The van der Waals surface area contributed by atoms with E-state index in [1.807, 2.05) is 19.9 Å². The molecule has 0 N–H and O–H groups in total. The van der Waals surface area contributed by atoms with Crippen molar-refractivity contribution >= 4 is 29.1 Å². The van der Waals surface area contributed by atoms with Crippen molar-refractivity contribution in [3.05, 3.63) is 24.2 Å². The van der Waals surface area contributed by atoms with Crippen molar-refractivity contribution in [2.45, 2.75) is 36.9 Å². The summed E-state index contributed by atoms with van der Waals surface area (Å²) in [6, 6.07) is 3.63. The number of alkyl halides is 2. The molecule has 0 aliphatic carbocycles. The van der Waals surface area contributed by atoms with E-state index in [1.54, 1.807) is 17.2 Å². The van der Waals surface area contributed by atoms with Crippen LogP contribution in [0, 0.1) is 0 Å². The summed E-state index contributed by atoms with van der Waals surface area (Å²) in [5.74, 6) is 0.593. The maximum absolute atomic E-state index is 12.0. The van der Waals surface area contributed by atoms with Crippen LogP contribution in [0.15, 0.2) is 22.8 Å². The van der Waals surface area contributed by atoms with Gasteiger partial charge in [-0.1, -0.05) is 0 Å². The second kappa shape index (κ2) is 5.11. The standard InChI is InChI=1S/C12H15Cl2NO3/c1-12(2)15(11(16)6-10(13)14)7-9(18-12)8-4-3-5-17-8/h3-5,9-10H,6-7H2,1-2H3. The molecule has 0 saturated carbocycles. The number of ether oxygens (including phenoxy) is 1. The van der Waals surface area contributed by atoms with Crippen LogP contribution in [0.1, 0.15) is 32.1 Å². The molecule has 1 unspecified atom stereocenters. The van der Waals surface area contributed by atoms with Gasteiger partial charge in [-0.25, -0.2) is 0 Å². The summed E-state index contributed by atoms with van der Waals surface area (Å²) < 4.78 is 11.1. The third-order valence-electron chi connectivity index (χ3n) is 2.92. The van der Waals surface area contributed by atoms with Crippen molar-refractivity contribution < 1.29 is 13.9 Å². The summed E-state index contributed by atoms with van der Waals surface area (Å²) in [4.78, 5) is 13.0. The predicted molar refractivity (Wildman–Crippen MR) is 68.4 cm³/mol. The fourth-order valence-electron chi connectivity index (χ4n) is 2.10. The van der Waals surface area contributed by atoms with Crippen LogP contribution in [0.3, 0.4) is 0 Å². The first-order chi connectivity index (χ1) is 8.40. The molecule has 1 amide bonds. The minimum absolute atomic E-state index is 0.0841. The van der Waals surface area contributed by atoms with Gasteiger partial charge in [-0.2, -0.15) is 0 Å². The first-order valence-corrected chi connectivity index (χ1v) is 6.57. The number of carbonyl (C=O) groups is 1. The lowest BCUT2D eigenvalue weighted by Crippen LogP contribution is -2.43. The number of amides is 1. The molecule has 1 atom stereocenters. The van der Waals surface area contributed by atoms with Crippen LogP contribution in [0.4, 0.5) is 0 Å². The molecule has 0 radical (unpaired) electrons. The molecule has 1 aromatic rings. The lowest BCUT2D eigenvalue weighted by atomic mass is 10.2. The van der Waals surface area contributed by atoms with Crippen LogP contribution >= 0.6 is 23.2 Å². The van der Waals surface area contributed by atoms with Gasteiger partial charge < -0.3 is 14.1 Å². The second-order valence-electron chi connectivity index (χ2n) is 4.67. The van der Waals surface area contributed by atoms with Crippen molar-refractivity contribution in [3.8, 4) is 0 Å². The van der Waals surface area contributed by atoms with Crippen LogP contribution in [0.25, 0.3) is 0 Å². The van der Waals surface area contributed by atoms with Gasteiger partial charge >= 0.3 is 0 Å². The zero-order valence-corrected chi connectivity index (χ0v) is 11.7. The van der Waals surface area contributed by atoms with Gasteiger partial charge in [0.25, 0.3) is 0 Å². The van der Waals surface area contributed by atoms with E-state index in [9.17, 15) is 4.79 Å². The van der Waals surface area contributed by atoms with E-state index in [1.165, 1.54) is 0 Å². The van der Waals surface area contributed by atoms with Crippen molar-refractivity contribution in [2.24, 2.45) is 0 Å². The molecular weight excluding hydrogens is 277 g/mol. The van der Waals surface area contributed by atoms with Gasteiger partial charge in [-0.15, -0.1) is 23.2 Å². The molecule has 1 saturated heterocycles. The van der Waals surface area contributed by atoms with Crippen LogP contribution in [0.5, 0.6) is 0 Å². The topological polar surface area (TPSA) is 42.7 Å². The Balaban J connectivity index is 2.10. The van der Waals surface area contributed by atoms with Gasteiger partial charge in [-0.3, -0.25) is 4.79 Å². The number of rotatable bonds is 3. The summed E-state index contributed by atoms with van der Waals surface area (Å²) in [6.07, 6.45) is 1.42. The van der Waals surface area contributed by atoms with E-state index in [4.69, 9.17) is 32.4 Å². The molecule has 2 rings (SSSR count). The molecule has 0 aromatic carbocycles. The molecule has 1 fully saturated rings. The monoisotopic (exact) mass is 291 g/mol. The quantitative estimate of drug-likeness (QED) is 0.804. The Bertz CT molecular complexity index is 417. The highest BCUT2D eigenvalue weighted by atomic mass is 35.5. The van der Waals surface area contributed by atoms with E-state index >= 15 is 0 Å². The highest BCUT2D eigenvalue weighted by Crippen LogP contribution is 2.36. The van der Waals surface area contributed by atoms with E-state index in [0.717, 1.165) is 0 Å². The van der Waals surface area contributed by atoms with Crippen LogP contribution in [-0.4, -0.2) is 27.9 Å². The maximum atomic E-state index is 12.0. The van der Waals surface area contributed by atoms with Gasteiger partial charge in [-0.05, 0) is 26.0 Å². The second-order valence-corrected chi connectivity index (χ2v) is 5.95. The molecule has 1 aromatic heterocycles. The highest BCUT2D eigenvalue weighted by molar-refractivity contribution is 6.45. The summed E-state index contributed by atoms with van der Waals surface area (Å²) >= 11 is 11.3. The van der Waals surface area contributed by atoms with Gasteiger partial charge in [0.1, 0.15) is 22.4 Å². The van der Waals surface area contributed by atoms with Crippen molar-refractivity contribution in [3.63, 3.8) is 0 Å². The largest absolute Gasteiger partial charge is 0.467 e. The predicted octanol–water partition coefficient (Wildman–Crippen LogP) is 3.11. The van der Waals surface area contributed by atoms with Crippen molar-refractivity contribution in [1.82, 2.24) is 4.90 Å². The van der Waals surface area contributed by atoms with Crippen LogP contribution in [-0.2, 0) is 9.53 Å². The normalized spacial score (nSPS) is 22.7. The number of nitrogens with zero attached hydrogens (tertiary/aromatic N) is 1. The fourth-order valence-corrected chi connectivity index (χ4v) is 2.37. The molecule has 1 aliphatic rings. The minimum atomic E-state index is -0.698. The smallest absolute Gasteiger partial charge is 0.227 e. The third kappa shape index (κ3) is 2.82. The van der Waals surface area contributed by atoms with Gasteiger partial charge in [0.05, 0.1) is 19.2 Å². The molecule has 18 heavy (non-hydrogen) atoms. The van der Waals surface area contributed by atoms with Crippen LogP contribution in [0.2, 0.25) is 0 Å². The summed E-state index contributed by atoms with van der Waals surface area (Å²) in [6.45, 7) is 4.12. The first-order valence-electron chi connectivity index (χ1n) is 5.70. The van der Waals surface area contributed by atoms with Gasteiger partial charge in [0.15, 0.2) is 0 Å². The summed E-state index contributed by atoms with van der Waals surface area (Å²) in [5, 5.41) is 0. The molecular formula is C12H15Cl2NO3. The number of carbonyl (C=O) groups excluding carboxylic acids is 1. The fraction of sp³-hybridized carbons (Fsp3) is 0.583. The average molecular weight is 292 g/mol. The zero-order chi connectivity index (χ0) is 13.3. The molecule has 100 valence electrons. The van der Waals surface area contributed by atoms with E-state index in [0.29, 0.717) is 12.3 Å². The lowest BCUT2D eigenvalue weighted by Gasteiger charge is -2.29. The Morgan fingerprint density at radius 2 is 2.33 bits per heavy atom. The lowest BCUT2D eigenvalue weighted by molar-refractivity contribution is -0.146. The number of halogens is 2. The third-order valence-corrected chi connectivity index (χ3v) is 3.23. The van der Waals surface area contributed by atoms with E-state index in [2.05, 4.69) is 0 Å². The first kappa shape index (κ1) is 13.7. The molecule has 6 heteroatoms. The SMILES string of the molecule is CC1(C)OC(c2ccco2)CN1C(=O)CC(Cl)Cl. The molecule has 2 heterocycles. The Labute approximate surface area is 116 Å². The number of hydrogen-bond acceptors (Lipinski definition) is 3. The molecule has 0 bridgehead atoms.